The van der Waals surface area contributed by atoms with Crippen LogP contribution in [0.15, 0.2) is 167 Å². The van der Waals surface area contributed by atoms with Gasteiger partial charge in [-0.25, -0.2) is 0 Å². The van der Waals surface area contributed by atoms with Crippen LogP contribution in [0, 0.1) is 0 Å². The van der Waals surface area contributed by atoms with Crippen molar-refractivity contribution in [1.82, 2.24) is 0 Å². The van der Waals surface area contributed by atoms with Gasteiger partial charge >= 0.3 is 0 Å². The molecule has 0 aliphatic rings. The molecule has 9 aromatic rings. The predicted molar refractivity (Wildman–Crippen MR) is 192 cm³/mol. The molecule has 0 N–H and O–H groups in total. The van der Waals surface area contributed by atoms with Gasteiger partial charge in [-0.05, 0) is 35.4 Å². The normalized spacial score (nSPS) is 11.6. The molecule has 9 rings (SSSR count). The lowest BCUT2D eigenvalue weighted by molar-refractivity contribution is 0.669. The van der Waals surface area contributed by atoms with Gasteiger partial charge in [-0.3, -0.25) is 0 Å². The Bertz CT molecular complexity index is 2560. The van der Waals surface area contributed by atoms with Crippen molar-refractivity contribution < 1.29 is 8.83 Å². The van der Waals surface area contributed by atoms with Crippen LogP contribution in [0.25, 0.3) is 77.3 Å². The van der Waals surface area contributed by atoms with Gasteiger partial charge in [0, 0.05) is 62.2 Å². The van der Waals surface area contributed by atoms with E-state index < -0.39 is 0 Å². The van der Waals surface area contributed by atoms with E-state index >= 15 is 0 Å². The summed E-state index contributed by atoms with van der Waals surface area (Å²) in [6.07, 6.45) is 0. The van der Waals surface area contributed by atoms with Crippen LogP contribution >= 0.6 is 0 Å². The molecule has 7 aromatic carbocycles. The molecule has 0 fully saturated rings. The highest BCUT2D eigenvalue weighted by Crippen LogP contribution is 2.45. The average Bonchev–Trinajstić information content (AvgIpc) is 3.70. The van der Waals surface area contributed by atoms with E-state index in [1.165, 1.54) is 11.1 Å². The van der Waals surface area contributed by atoms with Gasteiger partial charge in [-0.15, -0.1) is 0 Å². The molecule has 2 heterocycles. The lowest BCUT2D eigenvalue weighted by atomic mass is 9.94. The second-order valence-electron chi connectivity index (χ2n) is 11.7. The molecule has 46 heavy (non-hydrogen) atoms. The molecule has 0 aliphatic carbocycles. The molecule has 2 aromatic heterocycles. The standard InChI is InChI=1S/C43H29NO2/c1-44(38-22-8-5-15-30(38)28-13-3-2-4-14-28)39-27-29(31-18-11-20-36-33-16-6-9-23-40(33)45-42(31)36)25-26-32(39)35-19-12-21-37-34-17-7-10-24-41(34)46-43(35)37/h2-27H,1H3. The van der Waals surface area contributed by atoms with Crippen molar-refractivity contribution in [2.45, 2.75) is 0 Å². The van der Waals surface area contributed by atoms with Crippen molar-refractivity contribution in [3.63, 3.8) is 0 Å². The molecule has 0 atom stereocenters. The minimum absolute atomic E-state index is 0.891. The molecule has 0 saturated carbocycles. The van der Waals surface area contributed by atoms with E-state index in [1.54, 1.807) is 0 Å². The van der Waals surface area contributed by atoms with E-state index in [1.807, 2.05) is 24.3 Å². The van der Waals surface area contributed by atoms with Gasteiger partial charge < -0.3 is 13.7 Å². The summed E-state index contributed by atoms with van der Waals surface area (Å²) in [6.45, 7) is 0. The highest BCUT2D eigenvalue weighted by atomic mass is 16.3. The summed E-state index contributed by atoms with van der Waals surface area (Å²) in [5.74, 6) is 0. The average molecular weight is 592 g/mol. The van der Waals surface area contributed by atoms with Gasteiger partial charge in [-0.1, -0.05) is 133 Å². The number of anilines is 2. The first-order chi connectivity index (χ1) is 22.7. The van der Waals surface area contributed by atoms with Crippen molar-refractivity contribution in [1.29, 1.82) is 0 Å². The predicted octanol–water partition coefficient (Wildman–Crippen LogP) is 12.3. The highest BCUT2D eigenvalue weighted by molar-refractivity contribution is 6.12. The van der Waals surface area contributed by atoms with Crippen LogP contribution in [-0.2, 0) is 0 Å². The second-order valence-corrected chi connectivity index (χ2v) is 11.7. The Morgan fingerprint density at radius 1 is 0.370 bits per heavy atom. The summed E-state index contributed by atoms with van der Waals surface area (Å²) in [5, 5.41) is 4.48. The van der Waals surface area contributed by atoms with Crippen LogP contribution in [0.2, 0.25) is 0 Å². The van der Waals surface area contributed by atoms with Gasteiger partial charge in [0.05, 0.1) is 0 Å². The van der Waals surface area contributed by atoms with Crippen molar-refractivity contribution in [2.24, 2.45) is 0 Å². The minimum Gasteiger partial charge on any atom is -0.455 e. The molecule has 218 valence electrons. The number of furan rings is 2. The Kier molecular flexibility index (Phi) is 6.04. The maximum Gasteiger partial charge on any atom is 0.143 e. The van der Waals surface area contributed by atoms with E-state index in [0.717, 1.165) is 77.5 Å². The lowest BCUT2D eigenvalue weighted by Crippen LogP contribution is -2.12. The van der Waals surface area contributed by atoms with Gasteiger partial charge in [-0.2, -0.15) is 0 Å². The van der Waals surface area contributed by atoms with Gasteiger partial charge in [0.25, 0.3) is 0 Å². The number of fused-ring (bicyclic) bond motifs is 6. The Morgan fingerprint density at radius 2 is 0.913 bits per heavy atom. The van der Waals surface area contributed by atoms with Gasteiger partial charge in [0.15, 0.2) is 0 Å². The minimum atomic E-state index is 0.891. The summed E-state index contributed by atoms with van der Waals surface area (Å²) < 4.78 is 13.0. The molecular weight excluding hydrogens is 562 g/mol. The van der Waals surface area contributed by atoms with Crippen molar-refractivity contribution in [3.8, 4) is 33.4 Å². The van der Waals surface area contributed by atoms with Crippen LogP contribution in [0.1, 0.15) is 0 Å². The summed E-state index contributed by atoms with van der Waals surface area (Å²) in [5.41, 5.74) is 12.4. The fraction of sp³-hybridized carbons (Fsp3) is 0.0233. The van der Waals surface area contributed by atoms with E-state index in [-0.39, 0.29) is 0 Å². The number of hydrogen-bond acceptors (Lipinski definition) is 3. The van der Waals surface area contributed by atoms with Crippen LogP contribution in [-0.4, -0.2) is 7.05 Å². The lowest BCUT2D eigenvalue weighted by Gasteiger charge is -2.26. The Labute approximate surface area is 266 Å². The summed E-state index contributed by atoms with van der Waals surface area (Å²) in [4.78, 5) is 2.31. The topological polar surface area (TPSA) is 29.5 Å². The van der Waals surface area contributed by atoms with Crippen LogP contribution in [0.3, 0.4) is 0 Å². The molecule has 0 unspecified atom stereocenters. The third kappa shape index (κ3) is 4.13. The first-order valence-electron chi connectivity index (χ1n) is 15.6. The maximum atomic E-state index is 6.54. The number of para-hydroxylation sites is 5. The van der Waals surface area contributed by atoms with E-state index in [9.17, 15) is 0 Å². The second kappa shape index (κ2) is 10.5. The smallest absolute Gasteiger partial charge is 0.143 e. The number of benzene rings is 7. The fourth-order valence-electron chi connectivity index (χ4n) is 6.90. The molecule has 0 aliphatic heterocycles. The highest BCUT2D eigenvalue weighted by Gasteiger charge is 2.21. The van der Waals surface area contributed by atoms with Crippen molar-refractivity contribution in [3.05, 3.63) is 158 Å². The van der Waals surface area contributed by atoms with Crippen molar-refractivity contribution in [2.75, 3.05) is 11.9 Å². The third-order valence-corrected chi connectivity index (χ3v) is 9.12. The molecule has 0 bridgehead atoms. The largest absolute Gasteiger partial charge is 0.455 e. The Morgan fingerprint density at radius 3 is 1.63 bits per heavy atom. The molecular formula is C43H29NO2. The van der Waals surface area contributed by atoms with Gasteiger partial charge in [0.1, 0.15) is 22.3 Å². The van der Waals surface area contributed by atoms with E-state index in [2.05, 4.69) is 145 Å². The molecule has 0 amide bonds. The van der Waals surface area contributed by atoms with Crippen LogP contribution < -0.4 is 4.90 Å². The van der Waals surface area contributed by atoms with E-state index in [0.29, 0.717) is 0 Å². The number of rotatable bonds is 5. The zero-order chi connectivity index (χ0) is 30.6. The zero-order valence-electron chi connectivity index (χ0n) is 25.3. The summed E-state index contributed by atoms with van der Waals surface area (Å²) in [6, 6.07) is 55.3. The SMILES string of the molecule is CN(c1ccccc1-c1ccccc1)c1cc(-c2cccc3c2oc2ccccc23)ccc1-c1cccc2c1oc1ccccc12. The van der Waals surface area contributed by atoms with Crippen LogP contribution in [0.4, 0.5) is 11.4 Å². The van der Waals surface area contributed by atoms with Crippen LogP contribution in [0.5, 0.6) is 0 Å². The first kappa shape index (κ1) is 26.4. The van der Waals surface area contributed by atoms with Gasteiger partial charge in [0.2, 0.25) is 0 Å². The monoisotopic (exact) mass is 591 g/mol. The fourth-order valence-corrected chi connectivity index (χ4v) is 6.90. The Hall–Kier alpha value is -6.06. The molecule has 0 spiro atoms. The first-order valence-corrected chi connectivity index (χ1v) is 15.6. The summed E-state index contributed by atoms with van der Waals surface area (Å²) >= 11 is 0. The zero-order valence-corrected chi connectivity index (χ0v) is 25.3. The molecule has 3 heteroatoms. The number of nitrogens with zero attached hydrogens (tertiary/aromatic N) is 1. The quantitative estimate of drug-likeness (QED) is 0.199. The van der Waals surface area contributed by atoms with E-state index in [4.69, 9.17) is 8.83 Å². The maximum absolute atomic E-state index is 6.54. The number of hydrogen-bond donors (Lipinski definition) is 0. The molecule has 3 nitrogen and oxygen atoms in total. The Balaban J connectivity index is 1.30. The molecule has 0 radical (unpaired) electrons. The molecule has 0 saturated heterocycles. The third-order valence-electron chi connectivity index (χ3n) is 9.12. The summed E-state index contributed by atoms with van der Waals surface area (Å²) in [7, 11) is 2.16. The van der Waals surface area contributed by atoms with Crippen molar-refractivity contribution >= 4 is 55.3 Å².